The van der Waals surface area contributed by atoms with Crippen molar-refractivity contribution in [1.29, 1.82) is 0 Å². The smallest absolute Gasteiger partial charge is 0.123 e. The van der Waals surface area contributed by atoms with Gasteiger partial charge in [-0.1, -0.05) is 44.2 Å². The summed E-state index contributed by atoms with van der Waals surface area (Å²) in [6.45, 7) is 12.0. The Morgan fingerprint density at radius 2 is 1.20 bits per heavy atom. The SMILES string of the molecule is CC(C)P1c2ccccc2N(C)c2ccccc2[P+](C)(C(C)C)c2cc3cncnc3cc2N(C)c2cc3ncncc3cc21. The fraction of sp³-hybridized carbons (Fsp3) is 0.243. The highest BCUT2D eigenvalue weighted by molar-refractivity contribution is 7.90. The molecule has 6 aromatic rings. The molecule has 0 amide bonds. The largest absolute Gasteiger partial charge is 0.341 e. The zero-order valence-corrected chi connectivity index (χ0v) is 28.8. The molecule has 0 saturated carbocycles. The number of fused-ring (bicyclic) bond motifs is 6. The first-order valence-corrected chi connectivity index (χ1v) is 19.2. The minimum atomic E-state index is -2.01. The molecule has 0 bridgehead atoms. The summed E-state index contributed by atoms with van der Waals surface area (Å²) in [5.41, 5.74) is 7.55. The first-order chi connectivity index (χ1) is 21.7. The van der Waals surface area contributed by atoms with Gasteiger partial charge in [-0.05, 0) is 69.9 Å². The van der Waals surface area contributed by atoms with E-state index in [-0.39, 0.29) is 0 Å². The van der Waals surface area contributed by atoms with Crippen LogP contribution in [0.25, 0.3) is 21.8 Å². The molecule has 4 aromatic carbocycles. The quantitative estimate of drug-likeness (QED) is 0.188. The van der Waals surface area contributed by atoms with E-state index in [1.54, 1.807) is 12.7 Å². The average Bonchev–Trinajstić information content (AvgIpc) is 3.06. The number of hydrogen-bond donors (Lipinski definition) is 0. The summed E-state index contributed by atoms with van der Waals surface area (Å²) in [4.78, 5) is 23.1. The Hall–Kier alpha value is -3.98. The highest BCUT2D eigenvalue weighted by atomic mass is 31.2. The molecule has 2 unspecified atom stereocenters. The van der Waals surface area contributed by atoms with Crippen molar-refractivity contribution in [3.8, 4) is 0 Å². The predicted molar refractivity (Wildman–Crippen MR) is 197 cm³/mol. The molecule has 2 aromatic heterocycles. The third kappa shape index (κ3) is 4.78. The van der Waals surface area contributed by atoms with E-state index in [0.29, 0.717) is 11.3 Å². The molecule has 0 spiro atoms. The van der Waals surface area contributed by atoms with Crippen molar-refractivity contribution in [2.24, 2.45) is 0 Å². The molecular formula is C37H39N6P2+. The summed E-state index contributed by atoms with van der Waals surface area (Å²) < 4.78 is 0. The summed E-state index contributed by atoms with van der Waals surface area (Å²) in [7, 11) is 1.68. The Balaban J connectivity index is 1.68. The molecule has 0 N–H and O–H groups in total. The van der Waals surface area contributed by atoms with Gasteiger partial charge in [0.25, 0.3) is 0 Å². The van der Waals surface area contributed by atoms with Crippen molar-refractivity contribution in [2.75, 3.05) is 30.6 Å². The summed E-state index contributed by atoms with van der Waals surface area (Å²) >= 11 is 0. The molecule has 1 aliphatic heterocycles. The van der Waals surface area contributed by atoms with E-state index in [2.05, 4.69) is 141 Å². The fourth-order valence-corrected chi connectivity index (χ4v) is 13.2. The molecule has 226 valence electrons. The van der Waals surface area contributed by atoms with Crippen LogP contribution in [0.5, 0.6) is 0 Å². The molecular weight excluding hydrogens is 590 g/mol. The van der Waals surface area contributed by atoms with Gasteiger partial charge in [-0.2, -0.15) is 0 Å². The lowest BCUT2D eigenvalue weighted by Crippen LogP contribution is -2.36. The van der Waals surface area contributed by atoms with Crippen molar-refractivity contribution >= 4 is 81.0 Å². The van der Waals surface area contributed by atoms with Crippen LogP contribution in [0, 0.1) is 0 Å². The van der Waals surface area contributed by atoms with E-state index in [0.717, 1.165) is 21.8 Å². The van der Waals surface area contributed by atoms with Crippen molar-refractivity contribution in [3.05, 3.63) is 97.8 Å². The van der Waals surface area contributed by atoms with Crippen LogP contribution in [-0.2, 0) is 0 Å². The number of para-hydroxylation sites is 2. The van der Waals surface area contributed by atoms with Gasteiger partial charge < -0.3 is 9.80 Å². The number of anilines is 4. The summed E-state index contributed by atoms with van der Waals surface area (Å²) in [6, 6.07) is 27.4. The van der Waals surface area contributed by atoms with Crippen molar-refractivity contribution in [3.63, 3.8) is 0 Å². The minimum Gasteiger partial charge on any atom is -0.341 e. The normalized spacial score (nSPS) is 18.3. The molecule has 3 heterocycles. The Morgan fingerprint density at radius 1 is 0.622 bits per heavy atom. The number of hydrogen-bond acceptors (Lipinski definition) is 6. The highest BCUT2D eigenvalue weighted by Crippen LogP contribution is 2.61. The number of rotatable bonds is 2. The number of aromatic nitrogens is 4. The second kappa shape index (κ2) is 11.4. The van der Waals surface area contributed by atoms with Gasteiger partial charge in [0, 0.05) is 53.6 Å². The number of benzene rings is 4. The lowest BCUT2D eigenvalue weighted by Gasteiger charge is -2.38. The van der Waals surface area contributed by atoms with E-state index >= 15 is 0 Å². The summed E-state index contributed by atoms with van der Waals surface area (Å²) in [6.07, 6.45) is 7.20. The van der Waals surface area contributed by atoms with Crippen molar-refractivity contribution < 1.29 is 0 Å². The van der Waals surface area contributed by atoms with Crippen LogP contribution in [0.3, 0.4) is 0 Å². The summed E-state index contributed by atoms with van der Waals surface area (Å²) in [5, 5.41) is 7.60. The molecule has 0 saturated heterocycles. The zero-order chi connectivity index (χ0) is 31.5. The fourth-order valence-electron chi connectivity index (χ4n) is 6.84. The van der Waals surface area contributed by atoms with Gasteiger partial charge in [0.2, 0.25) is 0 Å². The van der Waals surface area contributed by atoms with Gasteiger partial charge in [0.15, 0.2) is 0 Å². The van der Waals surface area contributed by atoms with Gasteiger partial charge in [0.1, 0.15) is 23.3 Å². The lowest BCUT2D eigenvalue weighted by atomic mass is 10.1. The number of nitrogens with zero attached hydrogens (tertiary/aromatic N) is 6. The molecule has 8 heteroatoms. The van der Waals surface area contributed by atoms with Crippen LogP contribution >= 0.6 is 15.2 Å². The molecule has 45 heavy (non-hydrogen) atoms. The Kier molecular flexibility index (Phi) is 7.55. The van der Waals surface area contributed by atoms with Gasteiger partial charge in [-0.15, -0.1) is 0 Å². The Labute approximate surface area is 267 Å². The van der Waals surface area contributed by atoms with E-state index < -0.39 is 15.2 Å². The van der Waals surface area contributed by atoms with Gasteiger partial charge in [0.05, 0.1) is 47.7 Å². The zero-order valence-electron chi connectivity index (χ0n) is 27.0. The van der Waals surface area contributed by atoms with Gasteiger partial charge in [-0.3, -0.25) is 0 Å². The first kappa shape index (κ1) is 29.7. The Morgan fingerprint density at radius 3 is 1.87 bits per heavy atom. The first-order valence-electron chi connectivity index (χ1n) is 15.5. The maximum Gasteiger partial charge on any atom is 0.123 e. The molecule has 0 aliphatic carbocycles. The second-order valence-electron chi connectivity index (χ2n) is 12.6. The van der Waals surface area contributed by atoms with Crippen LogP contribution in [0.15, 0.2) is 97.8 Å². The van der Waals surface area contributed by atoms with E-state index in [4.69, 9.17) is 9.97 Å². The molecule has 1 aliphatic rings. The standard InChI is InChI=1S/C37H39N6P2/c1-24(2)44-34-14-10-8-12-30(34)42(5)31-13-9-11-15-36(31)45(7,25(3)4)37-17-27-21-39-23-41-29(27)19-33(37)43(6)32-18-28-26(16-35(32)44)20-38-22-40-28/h8-25H,1-7H3/q+1. The maximum atomic E-state index is 4.73. The van der Waals surface area contributed by atoms with Crippen LogP contribution in [0.2, 0.25) is 0 Å². The summed E-state index contributed by atoms with van der Waals surface area (Å²) in [5.74, 6) is 0. The molecule has 7 rings (SSSR count). The van der Waals surface area contributed by atoms with Crippen molar-refractivity contribution in [2.45, 2.75) is 39.0 Å². The third-order valence-corrected chi connectivity index (χ3v) is 17.1. The van der Waals surface area contributed by atoms with E-state index in [9.17, 15) is 0 Å². The van der Waals surface area contributed by atoms with E-state index in [1.165, 1.54) is 44.0 Å². The second-order valence-corrected chi connectivity index (χ2v) is 19.5. The monoisotopic (exact) mass is 629 g/mol. The average molecular weight is 630 g/mol. The molecule has 2 atom stereocenters. The predicted octanol–water partition coefficient (Wildman–Crippen LogP) is 7.27. The van der Waals surface area contributed by atoms with E-state index in [1.807, 2.05) is 12.4 Å². The minimum absolute atomic E-state index is 0.385. The third-order valence-electron chi connectivity index (χ3n) is 9.48. The lowest BCUT2D eigenvalue weighted by molar-refractivity contribution is 1.09. The molecule has 6 nitrogen and oxygen atoms in total. The Bertz CT molecular complexity index is 2060. The molecule has 0 fully saturated rings. The maximum absolute atomic E-state index is 4.73. The topological polar surface area (TPSA) is 58.0 Å². The molecule has 0 radical (unpaired) electrons. The van der Waals surface area contributed by atoms with Gasteiger partial charge >= 0.3 is 0 Å². The van der Waals surface area contributed by atoms with Crippen molar-refractivity contribution in [1.82, 2.24) is 19.9 Å². The van der Waals surface area contributed by atoms with Crippen LogP contribution in [-0.4, -0.2) is 52.0 Å². The van der Waals surface area contributed by atoms with Crippen LogP contribution < -0.4 is 31.0 Å². The van der Waals surface area contributed by atoms with Gasteiger partial charge in [-0.25, -0.2) is 19.9 Å². The highest BCUT2D eigenvalue weighted by Gasteiger charge is 2.46. The van der Waals surface area contributed by atoms with Crippen LogP contribution in [0.4, 0.5) is 22.7 Å². The van der Waals surface area contributed by atoms with Crippen LogP contribution in [0.1, 0.15) is 27.7 Å².